The lowest BCUT2D eigenvalue weighted by atomic mass is 9.67. The molecule has 1 N–H and O–H groups in total. The minimum atomic E-state index is -0.351. The molecule has 3 aromatic rings. The summed E-state index contributed by atoms with van der Waals surface area (Å²) >= 11 is 12.3. The van der Waals surface area contributed by atoms with Gasteiger partial charge >= 0.3 is 0 Å². The van der Waals surface area contributed by atoms with Crippen LogP contribution in [-0.4, -0.2) is 12.9 Å². The van der Waals surface area contributed by atoms with E-state index in [2.05, 4.69) is 25.2 Å². The zero-order valence-corrected chi connectivity index (χ0v) is 22.0. The maximum absolute atomic E-state index is 14.2. The summed E-state index contributed by atoms with van der Waals surface area (Å²) in [5.74, 6) is 0.651. The Morgan fingerprint density at radius 3 is 2.14 bits per heavy atom. The summed E-state index contributed by atoms with van der Waals surface area (Å²) in [6.45, 7) is 4.26. The summed E-state index contributed by atoms with van der Waals surface area (Å²) in [5.41, 5.74) is 6.19. The third-order valence-corrected chi connectivity index (χ3v) is 7.41. The molecule has 1 aliphatic carbocycles. The lowest BCUT2D eigenvalue weighted by molar-refractivity contribution is -0.113. The van der Waals surface area contributed by atoms with Crippen LogP contribution in [0.1, 0.15) is 42.9 Å². The third-order valence-electron chi connectivity index (χ3n) is 6.90. The average molecular weight is 516 g/mol. The number of allylic oxidation sites excluding steroid dienone is 4. The van der Waals surface area contributed by atoms with Crippen molar-refractivity contribution >= 4 is 40.8 Å². The molecule has 1 heterocycles. The molecule has 0 radical (unpaired) electrons. The molecule has 0 bridgehead atoms. The van der Waals surface area contributed by atoms with Crippen LogP contribution < -0.4 is 10.1 Å². The van der Waals surface area contributed by atoms with E-state index in [9.17, 15) is 4.79 Å². The van der Waals surface area contributed by atoms with Crippen LogP contribution in [0.2, 0.25) is 10.0 Å². The molecule has 182 valence electrons. The normalized spacial score (nSPS) is 20.0. The molecule has 0 amide bonds. The Balaban J connectivity index is 1.61. The number of ketones is 1. The highest BCUT2D eigenvalue weighted by Crippen LogP contribution is 2.48. The van der Waals surface area contributed by atoms with Gasteiger partial charge in [0.15, 0.2) is 5.78 Å². The quantitative estimate of drug-likeness (QED) is 0.357. The fraction of sp³-hybridized carbons (Fsp3) is 0.194. The van der Waals surface area contributed by atoms with Crippen molar-refractivity contribution < 1.29 is 9.53 Å². The van der Waals surface area contributed by atoms with Gasteiger partial charge < -0.3 is 10.1 Å². The van der Waals surface area contributed by atoms with E-state index >= 15 is 0 Å². The minimum absolute atomic E-state index is 0.0657. The fourth-order valence-corrected chi connectivity index (χ4v) is 5.23. The Kier molecular flexibility index (Phi) is 6.55. The standard InChI is InChI=1S/C31H27Cl2NO2/c1-31(2)18-28-29(30(35)26(31)16-19-4-14-24(36-3)15-5-19)25(20-6-10-22(32)11-7-20)17-27(34-28)21-8-12-23(33)13-9-21/h4-17,25,34H,18H2,1-3H3/b26-16+. The van der Waals surface area contributed by atoms with E-state index in [4.69, 9.17) is 27.9 Å². The zero-order valence-electron chi connectivity index (χ0n) is 20.4. The molecule has 2 aliphatic rings. The number of nitrogens with one attached hydrogen (secondary N) is 1. The molecular formula is C31H27Cl2NO2. The average Bonchev–Trinajstić information content (AvgIpc) is 2.87. The highest BCUT2D eigenvalue weighted by Gasteiger charge is 2.42. The Morgan fingerprint density at radius 1 is 0.917 bits per heavy atom. The van der Waals surface area contributed by atoms with E-state index in [1.807, 2.05) is 78.9 Å². The van der Waals surface area contributed by atoms with E-state index in [1.54, 1.807) is 7.11 Å². The monoisotopic (exact) mass is 515 g/mol. The van der Waals surface area contributed by atoms with Crippen molar-refractivity contribution in [1.82, 2.24) is 5.32 Å². The largest absolute Gasteiger partial charge is 0.497 e. The molecule has 3 aromatic carbocycles. The molecule has 0 saturated carbocycles. The van der Waals surface area contributed by atoms with Crippen LogP contribution in [0, 0.1) is 5.41 Å². The van der Waals surface area contributed by atoms with Gasteiger partial charge in [0, 0.05) is 38.5 Å². The van der Waals surface area contributed by atoms with Gasteiger partial charge in [0.2, 0.25) is 0 Å². The van der Waals surface area contributed by atoms with E-state index in [0.29, 0.717) is 16.5 Å². The number of rotatable bonds is 4. The van der Waals surface area contributed by atoms with Gasteiger partial charge in [0.05, 0.1) is 7.11 Å². The highest BCUT2D eigenvalue weighted by atomic mass is 35.5. The SMILES string of the molecule is COc1ccc(/C=C2\C(=O)C3=C(CC2(C)C)NC(c2ccc(Cl)cc2)=CC3c2ccc(Cl)cc2)cc1. The van der Waals surface area contributed by atoms with E-state index in [0.717, 1.165) is 45.0 Å². The second kappa shape index (κ2) is 9.65. The first-order valence-corrected chi connectivity index (χ1v) is 12.6. The molecule has 3 nitrogen and oxygen atoms in total. The first-order valence-electron chi connectivity index (χ1n) is 11.9. The Hall–Kier alpha value is -3.27. The van der Waals surface area contributed by atoms with Crippen LogP contribution in [0.25, 0.3) is 11.8 Å². The van der Waals surface area contributed by atoms with Crippen LogP contribution >= 0.6 is 23.2 Å². The van der Waals surface area contributed by atoms with E-state index in [-0.39, 0.29) is 17.1 Å². The van der Waals surface area contributed by atoms with E-state index in [1.165, 1.54) is 0 Å². The van der Waals surface area contributed by atoms with Gasteiger partial charge in [-0.3, -0.25) is 4.79 Å². The summed E-state index contributed by atoms with van der Waals surface area (Å²) in [6.07, 6.45) is 4.86. The van der Waals surface area contributed by atoms with Crippen LogP contribution in [0.4, 0.5) is 0 Å². The number of Topliss-reactive ketones (excluding diaryl/α,β-unsaturated/α-hetero) is 1. The summed E-state index contributed by atoms with van der Waals surface area (Å²) in [7, 11) is 1.65. The second-order valence-electron chi connectivity index (χ2n) is 9.85. The molecule has 1 aliphatic heterocycles. The number of ether oxygens (including phenoxy) is 1. The Labute approximate surface area is 222 Å². The number of benzene rings is 3. The third kappa shape index (κ3) is 4.74. The van der Waals surface area contributed by atoms with Crippen molar-refractivity contribution in [3.05, 3.63) is 122 Å². The number of hydrogen-bond donors (Lipinski definition) is 1. The van der Waals surface area contributed by atoms with Crippen molar-refractivity contribution in [2.24, 2.45) is 5.41 Å². The van der Waals surface area contributed by atoms with Crippen molar-refractivity contribution in [3.8, 4) is 5.75 Å². The summed E-state index contributed by atoms with van der Waals surface area (Å²) in [5, 5.41) is 4.95. The molecule has 1 unspecified atom stereocenters. The second-order valence-corrected chi connectivity index (χ2v) is 10.7. The molecule has 0 saturated heterocycles. The maximum Gasteiger partial charge on any atom is 0.188 e. The van der Waals surface area contributed by atoms with Crippen LogP contribution in [0.15, 0.2) is 95.7 Å². The number of hydrogen-bond acceptors (Lipinski definition) is 3. The first kappa shape index (κ1) is 24.4. The lowest BCUT2D eigenvalue weighted by Gasteiger charge is -2.40. The van der Waals surface area contributed by atoms with Crippen LogP contribution in [0.5, 0.6) is 5.75 Å². The van der Waals surface area contributed by atoms with Crippen molar-refractivity contribution in [2.75, 3.05) is 7.11 Å². The number of carbonyl (C=O) groups excluding carboxylic acids is 1. The molecule has 1 atom stereocenters. The van der Waals surface area contributed by atoms with E-state index < -0.39 is 0 Å². The predicted molar refractivity (Wildman–Crippen MR) is 148 cm³/mol. The van der Waals surface area contributed by atoms with Crippen LogP contribution in [-0.2, 0) is 4.79 Å². The Bertz CT molecular complexity index is 1400. The smallest absolute Gasteiger partial charge is 0.188 e. The summed E-state index contributed by atoms with van der Waals surface area (Å²) in [6, 6.07) is 23.3. The number of carbonyl (C=O) groups is 1. The summed E-state index contributed by atoms with van der Waals surface area (Å²) < 4.78 is 5.29. The number of methoxy groups -OCH3 is 1. The molecule has 0 aromatic heterocycles. The van der Waals surface area contributed by atoms with Gasteiger partial charge in [0.25, 0.3) is 0 Å². The maximum atomic E-state index is 14.2. The Morgan fingerprint density at radius 2 is 1.53 bits per heavy atom. The van der Waals surface area contributed by atoms with Crippen molar-refractivity contribution in [3.63, 3.8) is 0 Å². The number of halogens is 2. The molecule has 0 fully saturated rings. The lowest BCUT2D eigenvalue weighted by Crippen LogP contribution is -2.37. The van der Waals surface area contributed by atoms with Gasteiger partial charge in [-0.15, -0.1) is 0 Å². The molecular weight excluding hydrogens is 489 g/mol. The summed E-state index contributed by atoms with van der Waals surface area (Å²) in [4.78, 5) is 14.2. The number of dihydropyridines is 1. The van der Waals surface area contributed by atoms with Gasteiger partial charge in [-0.2, -0.15) is 0 Å². The molecule has 5 heteroatoms. The van der Waals surface area contributed by atoms with Crippen LogP contribution in [0.3, 0.4) is 0 Å². The van der Waals surface area contributed by atoms with Gasteiger partial charge in [0.1, 0.15) is 5.75 Å². The van der Waals surface area contributed by atoms with Gasteiger partial charge in [-0.1, -0.05) is 73.4 Å². The molecule has 0 spiro atoms. The predicted octanol–water partition coefficient (Wildman–Crippen LogP) is 8.07. The van der Waals surface area contributed by atoms with Crippen molar-refractivity contribution in [1.29, 1.82) is 0 Å². The van der Waals surface area contributed by atoms with Gasteiger partial charge in [-0.05, 0) is 77.1 Å². The molecule has 36 heavy (non-hydrogen) atoms. The first-order chi connectivity index (χ1) is 17.2. The minimum Gasteiger partial charge on any atom is -0.497 e. The fourth-order valence-electron chi connectivity index (χ4n) is 4.98. The zero-order chi connectivity index (χ0) is 25.4. The van der Waals surface area contributed by atoms with Gasteiger partial charge in [-0.25, -0.2) is 0 Å². The highest BCUT2D eigenvalue weighted by molar-refractivity contribution is 6.30. The topological polar surface area (TPSA) is 38.3 Å². The van der Waals surface area contributed by atoms with Crippen molar-refractivity contribution in [2.45, 2.75) is 26.2 Å². The molecule has 5 rings (SSSR count).